The molecule has 2 aromatic rings. The van der Waals surface area contributed by atoms with Gasteiger partial charge >= 0.3 is 0 Å². The molecule has 120 valence electrons. The van der Waals surface area contributed by atoms with E-state index in [1.54, 1.807) is 25.6 Å². The lowest BCUT2D eigenvalue weighted by molar-refractivity contribution is -0.00300. The van der Waals surface area contributed by atoms with Crippen LogP contribution in [0.15, 0.2) is 54.9 Å². The van der Waals surface area contributed by atoms with Gasteiger partial charge in [0.1, 0.15) is 0 Å². The van der Waals surface area contributed by atoms with Crippen molar-refractivity contribution in [3.05, 3.63) is 66.0 Å². The summed E-state index contributed by atoms with van der Waals surface area (Å²) in [6, 6.07) is 14.0. The number of carbonyl (C=O) groups excluding carboxylic acids is 1. The number of likely N-dealkylation sites (tertiary alicyclic amines) is 1. The predicted molar refractivity (Wildman–Crippen MR) is 89.2 cm³/mol. The Bertz CT molecular complexity index is 630. The van der Waals surface area contributed by atoms with E-state index in [1.807, 2.05) is 17.0 Å². The van der Waals surface area contributed by atoms with E-state index in [0.29, 0.717) is 11.5 Å². The molecule has 1 aliphatic heterocycles. The van der Waals surface area contributed by atoms with Crippen molar-refractivity contribution < 1.29 is 9.53 Å². The maximum Gasteiger partial charge on any atom is 0.255 e. The summed E-state index contributed by atoms with van der Waals surface area (Å²) in [5.74, 6) is 0.377. The second-order valence-electron chi connectivity index (χ2n) is 6.01. The molecular formula is C19H22N2O2. The molecule has 1 fully saturated rings. The van der Waals surface area contributed by atoms with Gasteiger partial charge < -0.3 is 9.64 Å². The summed E-state index contributed by atoms with van der Waals surface area (Å²) < 4.78 is 5.66. The van der Waals surface area contributed by atoms with E-state index in [-0.39, 0.29) is 12.0 Å². The third kappa shape index (κ3) is 3.77. The van der Waals surface area contributed by atoms with E-state index in [2.05, 4.69) is 29.2 Å². The molecule has 4 heteroatoms. The van der Waals surface area contributed by atoms with Crippen LogP contribution in [0.5, 0.6) is 0 Å². The minimum Gasteiger partial charge on any atom is -0.381 e. The fourth-order valence-corrected chi connectivity index (χ4v) is 3.29. The first-order valence-electron chi connectivity index (χ1n) is 8.04. The number of carbonyl (C=O) groups is 1. The summed E-state index contributed by atoms with van der Waals surface area (Å²) in [7, 11) is 1.77. The monoisotopic (exact) mass is 310 g/mol. The molecule has 0 aliphatic carbocycles. The molecule has 1 aliphatic rings. The van der Waals surface area contributed by atoms with E-state index in [4.69, 9.17) is 4.74 Å². The minimum atomic E-state index is 0.0608. The number of benzene rings is 1. The number of ether oxygens (including phenoxy) is 1. The predicted octanol–water partition coefficient (Wildman–Crippen LogP) is 2.80. The Morgan fingerprint density at radius 1 is 1.26 bits per heavy atom. The Balaban J connectivity index is 1.72. The standard InChI is InChI=1S/C19H22N2O2/c1-23-18-9-11-21(19(22)16-8-5-10-20-13-16)14-17(18)12-15-6-3-2-4-7-15/h2-8,10,13,17-18H,9,11-12,14H2,1H3/t17-,18+/m0/s1. The largest absolute Gasteiger partial charge is 0.381 e. The first-order valence-corrected chi connectivity index (χ1v) is 8.04. The maximum atomic E-state index is 12.6. The second-order valence-corrected chi connectivity index (χ2v) is 6.01. The second kappa shape index (κ2) is 7.38. The van der Waals surface area contributed by atoms with Crippen LogP contribution < -0.4 is 0 Å². The van der Waals surface area contributed by atoms with E-state index in [0.717, 1.165) is 25.9 Å². The number of rotatable bonds is 4. The van der Waals surface area contributed by atoms with Crippen LogP contribution in [0.3, 0.4) is 0 Å². The molecule has 1 saturated heterocycles. The molecule has 1 aromatic carbocycles. The molecule has 2 heterocycles. The van der Waals surface area contributed by atoms with Crippen molar-refractivity contribution in [1.82, 2.24) is 9.88 Å². The van der Waals surface area contributed by atoms with Gasteiger partial charge in [0, 0.05) is 38.5 Å². The fourth-order valence-electron chi connectivity index (χ4n) is 3.29. The molecule has 0 spiro atoms. The highest BCUT2D eigenvalue weighted by Crippen LogP contribution is 2.24. The Kier molecular flexibility index (Phi) is 5.03. The summed E-state index contributed by atoms with van der Waals surface area (Å²) in [5.41, 5.74) is 1.94. The van der Waals surface area contributed by atoms with Gasteiger partial charge in [0.2, 0.25) is 0 Å². The lowest BCUT2D eigenvalue weighted by Crippen LogP contribution is -2.47. The van der Waals surface area contributed by atoms with Crippen molar-refractivity contribution in [2.24, 2.45) is 5.92 Å². The van der Waals surface area contributed by atoms with Crippen molar-refractivity contribution in [1.29, 1.82) is 0 Å². The van der Waals surface area contributed by atoms with Crippen molar-refractivity contribution >= 4 is 5.91 Å². The average molecular weight is 310 g/mol. The van der Waals surface area contributed by atoms with E-state index < -0.39 is 0 Å². The fraction of sp³-hybridized carbons (Fsp3) is 0.368. The molecule has 4 nitrogen and oxygen atoms in total. The molecule has 0 saturated carbocycles. The minimum absolute atomic E-state index is 0.0608. The summed E-state index contributed by atoms with van der Waals surface area (Å²) >= 11 is 0. The highest BCUT2D eigenvalue weighted by molar-refractivity contribution is 5.93. The zero-order valence-electron chi connectivity index (χ0n) is 13.4. The normalized spacial score (nSPS) is 21.2. The van der Waals surface area contributed by atoms with Crippen molar-refractivity contribution in [2.75, 3.05) is 20.2 Å². The van der Waals surface area contributed by atoms with Crippen LogP contribution in [0.4, 0.5) is 0 Å². The van der Waals surface area contributed by atoms with Crippen LogP contribution in [-0.4, -0.2) is 42.1 Å². The quantitative estimate of drug-likeness (QED) is 0.872. The Morgan fingerprint density at radius 2 is 2.09 bits per heavy atom. The molecule has 0 unspecified atom stereocenters. The third-order valence-electron chi connectivity index (χ3n) is 4.50. The van der Waals surface area contributed by atoms with Gasteiger partial charge in [0.25, 0.3) is 5.91 Å². The van der Waals surface area contributed by atoms with Gasteiger partial charge in [-0.2, -0.15) is 0 Å². The van der Waals surface area contributed by atoms with Gasteiger partial charge in [0.15, 0.2) is 0 Å². The molecule has 0 bridgehead atoms. The number of nitrogens with zero attached hydrogens (tertiary/aromatic N) is 2. The Hall–Kier alpha value is -2.20. The molecule has 23 heavy (non-hydrogen) atoms. The number of hydrogen-bond donors (Lipinski definition) is 0. The van der Waals surface area contributed by atoms with Gasteiger partial charge in [0.05, 0.1) is 11.7 Å². The molecule has 3 rings (SSSR count). The van der Waals surface area contributed by atoms with Gasteiger partial charge in [-0.05, 0) is 30.5 Å². The molecule has 0 N–H and O–H groups in total. The van der Waals surface area contributed by atoms with E-state index >= 15 is 0 Å². The number of amides is 1. The first-order chi connectivity index (χ1) is 11.3. The Labute approximate surface area is 137 Å². The van der Waals surface area contributed by atoms with Crippen LogP contribution in [0.1, 0.15) is 22.3 Å². The summed E-state index contributed by atoms with van der Waals surface area (Å²) in [6.45, 7) is 1.46. The highest BCUT2D eigenvalue weighted by Gasteiger charge is 2.32. The summed E-state index contributed by atoms with van der Waals surface area (Å²) in [4.78, 5) is 18.6. The van der Waals surface area contributed by atoms with E-state index in [9.17, 15) is 4.79 Å². The number of pyridine rings is 1. The van der Waals surface area contributed by atoms with Crippen LogP contribution in [0.25, 0.3) is 0 Å². The van der Waals surface area contributed by atoms with Gasteiger partial charge in [-0.25, -0.2) is 0 Å². The smallest absolute Gasteiger partial charge is 0.255 e. The van der Waals surface area contributed by atoms with E-state index in [1.165, 1.54) is 5.56 Å². The number of piperidine rings is 1. The maximum absolute atomic E-state index is 12.6. The first kappa shape index (κ1) is 15.7. The van der Waals surface area contributed by atoms with Gasteiger partial charge in [-0.1, -0.05) is 30.3 Å². The zero-order chi connectivity index (χ0) is 16.1. The molecule has 1 aromatic heterocycles. The topological polar surface area (TPSA) is 42.4 Å². The lowest BCUT2D eigenvalue weighted by atomic mass is 9.88. The van der Waals surface area contributed by atoms with Gasteiger partial charge in [-0.15, -0.1) is 0 Å². The lowest BCUT2D eigenvalue weighted by Gasteiger charge is -2.38. The molecule has 0 radical (unpaired) electrons. The van der Waals surface area contributed by atoms with Crippen LogP contribution in [0.2, 0.25) is 0 Å². The van der Waals surface area contributed by atoms with Crippen LogP contribution in [-0.2, 0) is 11.2 Å². The van der Waals surface area contributed by atoms with Crippen LogP contribution in [0, 0.1) is 5.92 Å². The average Bonchev–Trinajstić information content (AvgIpc) is 2.62. The van der Waals surface area contributed by atoms with Crippen molar-refractivity contribution in [2.45, 2.75) is 18.9 Å². The number of methoxy groups -OCH3 is 1. The third-order valence-corrected chi connectivity index (χ3v) is 4.50. The summed E-state index contributed by atoms with van der Waals surface area (Å²) in [6.07, 6.45) is 5.33. The molecular weight excluding hydrogens is 288 g/mol. The molecule has 2 atom stereocenters. The number of aromatic nitrogens is 1. The highest BCUT2D eigenvalue weighted by atomic mass is 16.5. The molecule has 1 amide bonds. The summed E-state index contributed by atoms with van der Waals surface area (Å²) in [5, 5.41) is 0. The number of hydrogen-bond acceptors (Lipinski definition) is 3. The van der Waals surface area contributed by atoms with Crippen LogP contribution >= 0.6 is 0 Å². The van der Waals surface area contributed by atoms with Gasteiger partial charge in [-0.3, -0.25) is 9.78 Å². The van der Waals surface area contributed by atoms with Crippen molar-refractivity contribution in [3.63, 3.8) is 0 Å². The zero-order valence-corrected chi connectivity index (χ0v) is 13.4. The SMILES string of the molecule is CO[C@@H]1CCN(C(=O)c2cccnc2)C[C@@H]1Cc1ccccc1. The van der Waals surface area contributed by atoms with Crippen molar-refractivity contribution in [3.8, 4) is 0 Å². The Morgan fingerprint density at radius 3 is 2.78 bits per heavy atom.